The Hall–Kier alpha value is -3.49. The fraction of sp³-hybridized carbons (Fsp3) is 0.200. The molecule has 7 nitrogen and oxygen atoms in total. The van der Waals surface area contributed by atoms with Gasteiger partial charge in [0.05, 0.1) is 11.3 Å². The van der Waals surface area contributed by atoms with Crippen LogP contribution in [0.25, 0.3) is 0 Å². The molecule has 0 saturated heterocycles. The van der Waals surface area contributed by atoms with Crippen molar-refractivity contribution in [1.29, 1.82) is 0 Å². The topological polar surface area (TPSA) is 118 Å². The second kappa shape index (κ2) is 10.9. The number of carbonyl (C=O) groups excluding carboxylic acids is 2. The number of nitrogens with one attached hydrogen (secondary N) is 2. The average Bonchev–Trinajstić information content (AvgIpc) is 2.79. The molecule has 0 bridgehead atoms. The summed E-state index contributed by atoms with van der Waals surface area (Å²) in [6.07, 6.45) is 0.874. The SMILES string of the molecule is C[C@H](NS(=O)(=O)c1ccc(CCC(=O)Nc2ccc(CC(N)=O)cc2)cc1)c1ccccc1. The molecule has 0 fully saturated rings. The van der Waals surface area contributed by atoms with Crippen LogP contribution in [0, 0.1) is 0 Å². The molecule has 172 valence electrons. The van der Waals surface area contributed by atoms with Crippen molar-refractivity contribution in [3.8, 4) is 0 Å². The van der Waals surface area contributed by atoms with E-state index in [4.69, 9.17) is 5.73 Å². The molecule has 4 N–H and O–H groups in total. The molecule has 0 aliphatic carbocycles. The minimum Gasteiger partial charge on any atom is -0.369 e. The van der Waals surface area contributed by atoms with Crippen LogP contribution in [0.4, 0.5) is 5.69 Å². The predicted molar refractivity (Wildman–Crippen MR) is 128 cm³/mol. The first-order valence-corrected chi connectivity index (χ1v) is 12.0. The molecule has 3 aromatic rings. The molecule has 3 rings (SSSR count). The summed E-state index contributed by atoms with van der Waals surface area (Å²) >= 11 is 0. The standard InChI is InChI=1S/C25H27N3O4S/c1-18(21-5-3-2-4-6-21)28-33(31,32)23-14-9-19(10-15-23)11-16-25(30)27-22-12-7-20(8-13-22)17-24(26)29/h2-10,12-15,18,28H,11,16-17H2,1H3,(H2,26,29)(H,27,30)/t18-/m0/s1. The Morgan fingerprint density at radius 1 is 0.879 bits per heavy atom. The Kier molecular flexibility index (Phi) is 7.97. The number of anilines is 1. The van der Waals surface area contributed by atoms with E-state index in [1.165, 1.54) is 0 Å². The summed E-state index contributed by atoms with van der Waals surface area (Å²) in [6, 6.07) is 22.5. The molecule has 2 amide bonds. The number of benzene rings is 3. The predicted octanol–water partition coefficient (Wildman–Crippen LogP) is 3.33. The van der Waals surface area contributed by atoms with Gasteiger partial charge in [0.25, 0.3) is 0 Å². The highest BCUT2D eigenvalue weighted by molar-refractivity contribution is 7.89. The highest BCUT2D eigenvalue weighted by Crippen LogP contribution is 2.18. The highest BCUT2D eigenvalue weighted by Gasteiger charge is 2.18. The van der Waals surface area contributed by atoms with Crippen LogP contribution < -0.4 is 15.8 Å². The molecule has 0 aliphatic rings. The first-order chi connectivity index (χ1) is 15.7. The number of nitrogens with two attached hydrogens (primary N) is 1. The Morgan fingerprint density at radius 3 is 2.09 bits per heavy atom. The highest BCUT2D eigenvalue weighted by atomic mass is 32.2. The molecule has 1 atom stereocenters. The summed E-state index contributed by atoms with van der Waals surface area (Å²) < 4.78 is 28.0. The van der Waals surface area contributed by atoms with E-state index in [1.807, 2.05) is 30.3 Å². The maximum Gasteiger partial charge on any atom is 0.241 e. The van der Waals surface area contributed by atoms with Gasteiger partial charge in [0, 0.05) is 18.2 Å². The maximum atomic E-state index is 12.7. The number of hydrogen-bond acceptors (Lipinski definition) is 4. The largest absolute Gasteiger partial charge is 0.369 e. The van der Waals surface area contributed by atoms with Gasteiger partial charge in [-0.1, -0.05) is 54.6 Å². The van der Waals surface area contributed by atoms with Gasteiger partial charge >= 0.3 is 0 Å². The molecule has 33 heavy (non-hydrogen) atoms. The fourth-order valence-corrected chi connectivity index (χ4v) is 4.57. The molecule has 0 spiro atoms. The van der Waals surface area contributed by atoms with E-state index in [0.29, 0.717) is 12.1 Å². The number of hydrogen-bond donors (Lipinski definition) is 3. The number of sulfonamides is 1. The van der Waals surface area contributed by atoms with Gasteiger partial charge in [-0.25, -0.2) is 13.1 Å². The summed E-state index contributed by atoms with van der Waals surface area (Å²) in [5, 5.41) is 2.80. The zero-order valence-corrected chi connectivity index (χ0v) is 19.1. The summed E-state index contributed by atoms with van der Waals surface area (Å²) in [4.78, 5) is 23.4. The molecule has 0 radical (unpaired) electrons. The van der Waals surface area contributed by atoms with Crippen LogP contribution in [-0.2, 0) is 32.5 Å². The average molecular weight is 466 g/mol. The molecule has 0 aromatic heterocycles. The molecule has 3 aromatic carbocycles. The van der Waals surface area contributed by atoms with Gasteiger partial charge in [-0.15, -0.1) is 0 Å². The van der Waals surface area contributed by atoms with Gasteiger partial charge in [-0.3, -0.25) is 9.59 Å². The lowest BCUT2D eigenvalue weighted by molar-refractivity contribution is -0.117. The van der Waals surface area contributed by atoms with Crippen molar-refractivity contribution >= 4 is 27.5 Å². The zero-order valence-electron chi connectivity index (χ0n) is 18.3. The minimum atomic E-state index is -3.67. The van der Waals surface area contributed by atoms with E-state index >= 15 is 0 Å². The number of primary amides is 1. The van der Waals surface area contributed by atoms with Crippen LogP contribution in [0.15, 0.2) is 83.8 Å². The van der Waals surface area contributed by atoms with Gasteiger partial charge < -0.3 is 11.1 Å². The Balaban J connectivity index is 1.52. The van der Waals surface area contributed by atoms with Crippen molar-refractivity contribution < 1.29 is 18.0 Å². The van der Waals surface area contributed by atoms with Crippen molar-refractivity contribution in [3.63, 3.8) is 0 Å². The van der Waals surface area contributed by atoms with Crippen LogP contribution in [0.3, 0.4) is 0 Å². The molecule has 0 unspecified atom stereocenters. The van der Waals surface area contributed by atoms with E-state index in [-0.39, 0.29) is 29.7 Å². The van der Waals surface area contributed by atoms with Gasteiger partial charge in [-0.05, 0) is 54.3 Å². The lowest BCUT2D eigenvalue weighted by Crippen LogP contribution is -2.26. The molecular formula is C25H27N3O4S. The molecular weight excluding hydrogens is 438 g/mol. The number of aryl methyl sites for hydroxylation is 1. The Labute approximate surface area is 194 Å². The Morgan fingerprint density at radius 2 is 1.48 bits per heavy atom. The lowest BCUT2D eigenvalue weighted by Gasteiger charge is -2.15. The summed E-state index contributed by atoms with van der Waals surface area (Å²) in [5.41, 5.74) is 8.32. The third-order valence-corrected chi connectivity index (χ3v) is 6.68. The van der Waals surface area contributed by atoms with Crippen LogP contribution >= 0.6 is 0 Å². The summed E-state index contributed by atoms with van der Waals surface area (Å²) in [6.45, 7) is 1.80. The van der Waals surface area contributed by atoms with Crippen LogP contribution in [-0.4, -0.2) is 20.2 Å². The third kappa shape index (κ3) is 7.27. The molecule has 8 heteroatoms. The smallest absolute Gasteiger partial charge is 0.241 e. The van der Waals surface area contributed by atoms with E-state index in [9.17, 15) is 18.0 Å². The molecule has 0 saturated carbocycles. The molecule has 0 heterocycles. The zero-order chi connectivity index (χ0) is 23.8. The van der Waals surface area contributed by atoms with Gasteiger partial charge in [0.15, 0.2) is 0 Å². The van der Waals surface area contributed by atoms with Crippen molar-refractivity contribution in [1.82, 2.24) is 4.72 Å². The lowest BCUT2D eigenvalue weighted by atomic mass is 10.1. The van der Waals surface area contributed by atoms with E-state index in [2.05, 4.69) is 10.0 Å². The van der Waals surface area contributed by atoms with Crippen molar-refractivity contribution in [2.24, 2.45) is 5.73 Å². The van der Waals surface area contributed by atoms with Gasteiger partial charge in [0.1, 0.15) is 0 Å². The van der Waals surface area contributed by atoms with Crippen molar-refractivity contribution in [2.75, 3.05) is 5.32 Å². The Bertz CT molecular complexity index is 1190. The quantitative estimate of drug-likeness (QED) is 0.426. The van der Waals surface area contributed by atoms with Crippen LogP contribution in [0.1, 0.15) is 36.1 Å². The minimum absolute atomic E-state index is 0.153. The first-order valence-electron chi connectivity index (χ1n) is 10.6. The van der Waals surface area contributed by atoms with Crippen LogP contribution in [0.5, 0.6) is 0 Å². The monoisotopic (exact) mass is 465 g/mol. The van der Waals surface area contributed by atoms with E-state index < -0.39 is 15.9 Å². The van der Waals surface area contributed by atoms with E-state index in [1.54, 1.807) is 55.5 Å². The molecule has 0 aliphatic heterocycles. The van der Waals surface area contributed by atoms with Gasteiger partial charge in [0.2, 0.25) is 21.8 Å². The normalized spacial score (nSPS) is 12.2. The third-order valence-electron chi connectivity index (χ3n) is 5.12. The number of amides is 2. The fourth-order valence-electron chi connectivity index (χ4n) is 3.33. The maximum absolute atomic E-state index is 12.7. The number of rotatable bonds is 10. The van der Waals surface area contributed by atoms with Gasteiger partial charge in [-0.2, -0.15) is 0 Å². The van der Waals surface area contributed by atoms with Crippen molar-refractivity contribution in [3.05, 3.63) is 95.6 Å². The summed E-state index contributed by atoms with van der Waals surface area (Å²) in [7, 11) is -3.67. The van der Waals surface area contributed by atoms with Crippen molar-refractivity contribution in [2.45, 2.75) is 37.1 Å². The van der Waals surface area contributed by atoms with E-state index in [0.717, 1.165) is 16.7 Å². The first kappa shape index (κ1) is 24.2. The number of carbonyl (C=O) groups is 2. The second-order valence-corrected chi connectivity index (χ2v) is 9.50. The van der Waals surface area contributed by atoms with Crippen LogP contribution in [0.2, 0.25) is 0 Å². The summed E-state index contributed by atoms with van der Waals surface area (Å²) in [5.74, 6) is -0.570. The second-order valence-electron chi connectivity index (χ2n) is 7.79.